The summed E-state index contributed by atoms with van der Waals surface area (Å²) in [5.41, 5.74) is 2.57. The number of hydrogen-bond donors (Lipinski definition) is 2. The van der Waals surface area contributed by atoms with Gasteiger partial charge in [0.05, 0.1) is 0 Å². The van der Waals surface area contributed by atoms with Crippen molar-refractivity contribution in [3.05, 3.63) is 48.5 Å². The fourth-order valence-electron chi connectivity index (χ4n) is 2.69. The first kappa shape index (κ1) is 12.7. The highest BCUT2D eigenvalue weighted by molar-refractivity contribution is 5.76. The lowest BCUT2D eigenvalue weighted by atomic mass is 9.95. The molecule has 5 nitrogen and oxygen atoms in total. The molecule has 1 aliphatic heterocycles. The van der Waals surface area contributed by atoms with Crippen molar-refractivity contribution in [2.75, 3.05) is 11.9 Å². The van der Waals surface area contributed by atoms with Gasteiger partial charge >= 0.3 is 6.03 Å². The Morgan fingerprint density at radius 3 is 3.05 bits per heavy atom. The predicted octanol–water partition coefficient (Wildman–Crippen LogP) is 2.43. The molecule has 3 rings (SSSR count). The van der Waals surface area contributed by atoms with E-state index in [9.17, 15) is 4.79 Å². The normalized spacial score (nSPS) is 20.2. The molecule has 0 bridgehead atoms. The summed E-state index contributed by atoms with van der Waals surface area (Å²) in [5, 5.41) is 6.43. The Bertz CT molecular complexity index is 594. The number of benzene rings is 1. The van der Waals surface area contributed by atoms with Crippen molar-refractivity contribution in [1.29, 1.82) is 0 Å². The van der Waals surface area contributed by atoms with Crippen LogP contribution in [0.25, 0.3) is 0 Å². The molecule has 2 atom stereocenters. The lowest BCUT2D eigenvalue weighted by Crippen LogP contribution is -2.32. The van der Waals surface area contributed by atoms with Crippen molar-refractivity contribution in [2.24, 2.45) is 0 Å². The van der Waals surface area contributed by atoms with E-state index in [0.717, 1.165) is 6.42 Å². The second-order valence-electron chi connectivity index (χ2n) is 5.12. The van der Waals surface area contributed by atoms with Crippen molar-refractivity contribution >= 4 is 11.7 Å². The van der Waals surface area contributed by atoms with Crippen LogP contribution in [0.1, 0.15) is 24.8 Å². The van der Waals surface area contributed by atoms with Gasteiger partial charge in [0.2, 0.25) is 0 Å². The molecule has 1 aliphatic rings. The monoisotopic (exact) mass is 270 g/mol. The van der Waals surface area contributed by atoms with Gasteiger partial charge in [-0.2, -0.15) is 0 Å². The summed E-state index contributed by atoms with van der Waals surface area (Å²) < 4.78 is 1.44. The molecule has 5 heteroatoms. The number of anilines is 1. The number of amides is 1. The van der Waals surface area contributed by atoms with E-state index in [4.69, 9.17) is 0 Å². The Morgan fingerprint density at radius 2 is 2.30 bits per heavy atom. The second kappa shape index (κ2) is 5.36. The van der Waals surface area contributed by atoms with Crippen molar-refractivity contribution in [1.82, 2.24) is 14.9 Å². The zero-order valence-electron chi connectivity index (χ0n) is 11.4. The molecule has 0 radical (unpaired) electrons. The molecule has 20 heavy (non-hydrogen) atoms. The Labute approximate surface area is 118 Å². The van der Waals surface area contributed by atoms with Crippen LogP contribution >= 0.6 is 0 Å². The Balaban J connectivity index is 1.52. The number of imidazole rings is 1. The van der Waals surface area contributed by atoms with Gasteiger partial charge < -0.3 is 10.6 Å². The van der Waals surface area contributed by atoms with Gasteiger partial charge in [-0.25, -0.2) is 9.78 Å². The van der Waals surface area contributed by atoms with Crippen LogP contribution in [-0.4, -0.2) is 28.2 Å². The number of para-hydroxylation sites is 1. The van der Waals surface area contributed by atoms with Crippen LogP contribution in [0.2, 0.25) is 0 Å². The molecule has 1 amide bonds. The molecular formula is C15H18N4O. The van der Waals surface area contributed by atoms with Crippen molar-refractivity contribution < 1.29 is 4.79 Å². The van der Waals surface area contributed by atoms with Crippen LogP contribution in [0.4, 0.5) is 10.5 Å². The standard InChI is InChI=1S/C15H18N4O/c1-11-12-4-2-3-5-14(12)18-13(11)6-7-17-15(20)19-9-8-16-10-19/h2-5,8-11,13,18H,6-7H2,1H3,(H,17,20)/t11-,13+/m0/s1. The number of nitrogens with one attached hydrogen (secondary N) is 2. The molecule has 1 aromatic carbocycles. The third-order valence-electron chi connectivity index (χ3n) is 3.87. The Morgan fingerprint density at radius 1 is 1.45 bits per heavy atom. The molecule has 2 aromatic rings. The number of aromatic nitrogens is 2. The zero-order valence-corrected chi connectivity index (χ0v) is 11.4. The summed E-state index contributed by atoms with van der Waals surface area (Å²) in [4.78, 5) is 15.6. The fraction of sp³-hybridized carbons (Fsp3) is 0.333. The maximum absolute atomic E-state index is 11.8. The van der Waals surface area contributed by atoms with E-state index in [1.807, 2.05) is 6.07 Å². The maximum Gasteiger partial charge on any atom is 0.326 e. The van der Waals surface area contributed by atoms with Gasteiger partial charge in [0.15, 0.2) is 0 Å². The third-order valence-corrected chi connectivity index (χ3v) is 3.87. The van der Waals surface area contributed by atoms with E-state index < -0.39 is 0 Å². The molecule has 0 aliphatic carbocycles. The van der Waals surface area contributed by atoms with Crippen LogP contribution in [-0.2, 0) is 0 Å². The first-order chi connectivity index (χ1) is 9.75. The lowest BCUT2D eigenvalue weighted by molar-refractivity contribution is 0.242. The maximum atomic E-state index is 11.8. The van der Waals surface area contributed by atoms with Crippen molar-refractivity contribution in [2.45, 2.75) is 25.3 Å². The van der Waals surface area contributed by atoms with Gasteiger partial charge in [0.25, 0.3) is 0 Å². The molecule has 0 spiro atoms. The van der Waals surface area contributed by atoms with E-state index >= 15 is 0 Å². The highest BCUT2D eigenvalue weighted by atomic mass is 16.2. The van der Waals surface area contributed by atoms with Gasteiger partial charge in [-0.15, -0.1) is 0 Å². The second-order valence-corrected chi connectivity index (χ2v) is 5.12. The highest BCUT2D eigenvalue weighted by Crippen LogP contribution is 2.36. The van der Waals surface area contributed by atoms with Gasteiger partial charge in [-0.1, -0.05) is 25.1 Å². The van der Waals surface area contributed by atoms with E-state index in [1.54, 1.807) is 12.4 Å². The van der Waals surface area contributed by atoms with E-state index in [2.05, 4.69) is 40.7 Å². The number of hydrogen-bond acceptors (Lipinski definition) is 3. The number of carbonyl (C=O) groups excluding carboxylic acids is 1. The zero-order chi connectivity index (χ0) is 13.9. The summed E-state index contributed by atoms with van der Waals surface area (Å²) in [7, 11) is 0. The quantitative estimate of drug-likeness (QED) is 0.900. The number of carbonyl (C=O) groups is 1. The minimum Gasteiger partial charge on any atom is -0.381 e. The summed E-state index contributed by atoms with van der Waals surface area (Å²) >= 11 is 0. The topological polar surface area (TPSA) is 58.9 Å². The molecule has 0 unspecified atom stereocenters. The predicted molar refractivity (Wildman–Crippen MR) is 77.9 cm³/mol. The molecule has 104 valence electrons. The number of rotatable bonds is 3. The minimum atomic E-state index is -0.134. The van der Waals surface area contributed by atoms with Crippen molar-refractivity contribution in [3.63, 3.8) is 0 Å². The Hall–Kier alpha value is -2.30. The van der Waals surface area contributed by atoms with Crippen LogP contribution in [0.3, 0.4) is 0 Å². The van der Waals surface area contributed by atoms with Crippen LogP contribution in [0.5, 0.6) is 0 Å². The number of fused-ring (bicyclic) bond motifs is 1. The van der Waals surface area contributed by atoms with Crippen LogP contribution in [0.15, 0.2) is 43.0 Å². The van der Waals surface area contributed by atoms with E-state index in [0.29, 0.717) is 18.5 Å². The molecule has 0 saturated carbocycles. The highest BCUT2D eigenvalue weighted by Gasteiger charge is 2.27. The molecule has 2 heterocycles. The summed E-state index contributed by atoms with van der Waals surface area (Å²) in [6, 6.07) is 8.62. The molecule has 1 aromatic heterocycles. The lowest BCUT2D eigenvalue weighted by Gasteiger charge is -2.16. The average Bonchev–Trinajstić information content (AvgIpc) is 3.09. The van der Waals surface area contributed by atoms with Gasteiger partial charge in [-0.3, -0.25) is 4.57 Å². The third kappa shape index (κ3) is 2.39. The smallest absolute Gasteiger partial charge is 0.326 e. The van der Waals surface area contributed by atoms with Crippen LogP contribution in [0, 0.1) is 0 Å². The SMILES string of the molecule is C[C@H]1c2ccccc2N[C@@H]1CCNC(=O)n1ccnc1. The summed E-state index contributed by atoms with van der Waals surface area (Å²) in [5.74, 6) is 0.469. The molecule has 0 saturated heterocycles. The largest absolute Gasteiger partial charge is 0.381 e. The first-order valence-corrected chi connectivity index (χ1v) is 6.87. The average molecular weight is 270 g/mol. The Kier molecular flexibility index (Phi) is 3.41. The summed E-state index contributed by atoms with van der Waals surface area (Å²) in [6.45, 7) is 2.87. The molecular weight excluding hydrogens is 252 g/mol. The molecule has 2 N–H and O–H groups in total. The van der Waals surface area contributed by atoms with E-state index in [-0.39, 0.29) is 6.03 Å². The fourth-order valence-corrected chi connectivity index (χ4v) is 2.69. The molecule has 0 fully saturated rings. The first-order valence-electron chi connectivity index (χ1n) is 6.87. The van der Waals surface area contributed by atoms with E-state index in [1.165, 1.54) is 22.1 Å². The van der Waals surface area contributed by atoms with Gasteiger partial charge in [0.1, 0.15) is 6.33 Å². The number of nitrogens with zero attached hydrogens (tertiary/aromatic N) is 2. The minimum absolute atomic E-state index is 0.134. The van der Waals surface area contributed by atoms with Gasteiger partial charge in [0, 0.05) is 36.6 Å². The van der Waals surface area contributed by atoms with Crippen LogP contribution < -0.4 is 10.6 Å². The van der Waals surface area contributed by atoms with Crippen molar-refractivity contribution in [3.8, 4) is 0 Å². The van der Waals surface area contributed by atoms with Gasteiger partial charge in [-0.05, 0) is 18.1 Å². The summed E-state index contributed by atoms with van der Waals surface area (Å²) in [6.07, 6.45) is 5.64.